The Morgan fingerprint density at radius 3 is 2.81 bits per heavy atom. The molecule has 1 aromatic rings. The van der Waals surface area contributed by atoms with Crippen LogP contribution in [0.1, 0.15) is 18.4 Å². The largest absolute Gasteiger partial charge is 0.355 e. The molecule has 0 amide bonds. The number of pyridine rings is 1. The normalized spacial score (nSPS) is 17.2. The molecule has 0 radical (unpaired) electrons. The summed E-state index contributed by atoms with van der Waals surface area (Å²) in [5, 5.41) is 0. The summed E-state index contributed by atoms with van der Waals surface area (Å²) < 4.78 is 1.03. The Bertz CT molecular complexity index is 377. The number of aromatic nitrogens is 1. The van der Waals surface area contributed by atoms with Crippen molar-refractivity contribution in [3.63, 3.8) is 0 Å². The summed E-state index contributed by atoms with van der Waals surface area (Å²) in [4.78, 5) is 6.72. The van der Waals surface area contributed by atoms with E-state index in [1.54, 1.807) is 0 Å². The van der Waals surface area contributed by atoms with Crippen molar-refractivity contribution in [1.29, 1.82) is 0 Å². The number of anilines is 1. The van der Waals surface area contributed by atoms with Crippen LogP contribution in [0.5, 0.6) is 0 Å². The molecule has 1 aliphatic carbocycles. The Kier molecular flexibility index (Phi) is 3.50. The quantitative estimate of drug-likeness (QED) is 0.922. The van der Waals surface area contributed by atoms with Gasteiger partial charge in [0.25, 0.3) is 0 Å². The van der Waals surface area contributed by atoms with Crippen LogP contribution in [0, 0.1) is 12.8 Å². The molecule has 1 heterocycles. The Morgan fingerprint density at radius 2 is 2.31 bits per heavy atom. The monoisotopic (exact) mass is 283 g/mol. The highest BCUT2D eigenvalue weighted by Crippen LogP contribution is 2.36. The summed E-state index contributed by atoms with van der Waals surface area (Å²) in [7, 11) is 2.10. The molecular weight excluding hydrogens is 266 g/mol. The lowest BCUT2D eigenvalue weighted by molar-refractivity contribution is 0.565. The van der Waals surface area contributed by atoms with E-state index in [4.69, 9.17) is 5.73 Å². The maximum atomic E-state index is 5.85. The van der Waals surface area contributed by atoms with Crippen molar-refractivity contribution >= 4 is 21.7 Å². The summed E-state index contributed by atoms with van der Waals surface area (Å²) in [6, 6.07) is 2.53. The molecule has 1 fully saturated rings. The van der Waals surface area contributed by atoms with Gasteiger partial charge in [-0.1, -0.05) is 0 Å². The van der Waals surface area contributed by atoms with Gasteiger partial charge in [0.15, 0.2) is 0 Å². The third-order valence-corrected chi connectivity index (χ3v) is 3.69. The lowest BCUT2D eigenvalue weighted by Gasteiger charge is -2.29. The molecule has 4 heteroatoms. The van der Waals surface area contributed by atoms with Gasteiger partial charge in [0.1, 0.15) is 5.82 Å². The van der Waals surface area contributed by atoms with E-state index in [2.05, 4.69) is 45.9 Å². The highest BCUT2D eigenvalue weighted by Gasteiger charge is 2.33. The fraction of sp³-hybridized carbons (Fsp3) is 0.583. The predicted molar refractivity (Wildman–Crippen MR) is 70.6 cm³/mol. The molecule has 2 rings (SSSR count). The summed E-state index contributed by atoms with van der Waals surface area (Å²) in [5.74, 6) is 1.81. The first-order valence-electron chi connectivity index (χ1n) is 5.68. The second-order valence-corrected chi connectivity index (χ2v) is 5.46. The van der Waals surface area contributed by atoms with Crippen LogP contribution < -0.4 is 10.6 Å². The molecule has 1 saturated carbocycles. The van der Waals surface area contributed by atoms with Crippen LogP contribution in [-0.4, -0.2) is 24.6 Å². The Balaban J connectivity index is 2.21. The zero-order valence-electron chi connectivity index (χ0n) is 9.78. The fourth-order valence-corrected chi connectivity index (χ4v) is 2.65. The number of aryl methyl sites for hydroxylation is 1. The van der Waals surface area contributed by atoms with Crippen LogP contribution in [0.15, 0.2) is 16.7 Å². The molecule has 0 aliphatic heterocycles. The summed E-state index contributed by atoms with van der Waals surface area (Å²) >= 11 is 3.44. The molecule has 0 saturated heterocycles. The van der Waals surface area contributed by atoms with Gasteiger partial charge in [-0.15, -0.1) is 0 Å². The van der Waals surface area contributed by atoms with E-state index in [1.807, 2.05) is 6.20 Å². The van der Waals surface area contributed by atoms with Crippen molar-refractivity contribution in [2.75, 3.05) is 18.5 Å². The first-order valence-corrected chi connectivity index (χ1v) is 6.48. The van der Waals surface area contributed by atoms with Crippen LogP contribution in [0.2, 0.25) is 0 Å². The maximum Gasteiger partial charge on any atom is 0.131 e. The van der Waals surface area contributed by atoms with Crippen molar-refractivity contribution in [2.24, 2.45) is 11.7 Å². The van der Waals surface area contributed by atoms with Crippen molar-refractivity contribution < 1.29 is 0 Å². The van der Waals surface area contributed by atoms with Crippen molar-refractivity contribution in [2.45, 2.75) is 25.8 Å². The van der Waals surface area contributed by atoms with Gasteiger partial charge in [-0.2, -0.15) is 0 Å². The van der Waals surface area contributed by atoms with Crippen molar-refractivity contribution in [3.8, 4) is 0 Å². The lowest BCUT2D eigenvalue weighted by Crippen LogP contribution is -2.40. The lowest BCUT2D eigenvalue weighted by atomic mass is 10.1. The summed E-state index contributed by atoms with van der Waals surface area (Å²) in [6.07, 6.45) is 4.46. The van der Waals surface area contributed by atoms with Gasteiger partial charge in [-0.05, 0) is 53.2 Å². The van der Waals surface area contributed by atoms with E-state index >= 15 is 0 Å². The van der Waals surface area contributed by atoms with Crippen LogP contribution in [-0.2, 0) is 0 Å². The fourth-order valence-electron chi connectivity index (χ4n) is 2.21. The minimum atomic E-state index is 0.437. The molecule has 3 nitrogen and oxygen atoms in total. The first-order chi connectivity index (χ1) is 7.63. The van der Waals surface area contributed by atoms with Crippen LogP contribution >= 0.6 is 15.9 Å². The molecule has 1 aliphatic rings. The van der Waals surface area contributed by atoms with Gasteiger partial charge >= 0.3 is 0 Å². The number of nitrogens with zero attached hydrogens (tertiary/aromatic N) is 2. The summed E-state index contributed by atoms with van der Waals surface area (Å²) in [5.41, 5.74) is 7.04. The number of hydrogen-bond donors (Lipinski definition) is 1. The maximum absolute atomic E-state index is 5.85. The van der Waals surface area contributed by atoms with Gasteiger partial charge in [-0.3, -0.25) is 0 Å². The minimum Gasteiger partial charge on any atom is -0.355 e. The summed E-state index contributed by atoms with van der Waals surface area (Å²) in [6.45, 7) is 2.79. The van der Waals surface area contributed by atoms with Crippen LogP contribution in [0.25, 0.3) is 0 Å². The van der Waals surface area contributed by atoms with Gasteiger partial charge in [0.05, 0.1) is 0 Å². The highest BCUT2D eigenvalue weighted by molar-refractivity contribution is 9.10. The van der Waals surface area contributed by atoms with E-state index in [1.165, 1.54) is 18.4 Å². The molecule has 0 aromatic carbocycles. The average Bonchev–Trinajstić information content (AvgIpc) is 3.02. The second kappa shape index (κ2) is 4.72. The number of likely N-dealkylation sites (N-methyl/N-ethyl adjacent to an activating group) is 1. The number of halogens is 1. The smallest absolute Gasteiger partial charge is 0.131 e. The predicted octanol–water partition coefficient (Wildman–Crippen LogP) is 2.33. The molecule has 0 bridgehead atoms. The Labute approximate surface area is 105 Å². The van der Waals surface area contributed by atoms with E-state index in [0.29, 0.717) is 12.6 Å². The molecule has 16 heavy (non-hydrogen) atoms. The van der Waals surface area contributed by atoms with Crippen molar-refractivity contribution in [3.05, 3.63) is 22.3 Å². The van der Waals surface area contributed by atoms with E-state index in [0.717, 1.165) is 16.2 Å². The third-order valence-electron chi connectivity index (χ3n) is 3.26. The molecular formula is C12H18BrN3. The number of nitrogens with two attached hydrogens (primary N) is 1. The zero-order valence-corrected chi connectivity index (χ0v) is 11.4. The van der Waals surface area contributed by atoms with Crippen molar-refractivity contribution in [1.82, 2.24) is 4.98 Å². The van der Waals surface area contributed by atoms with E-state index in [9.17, 15) is 0 Å². The van der Waals surface area contributed by atoms with Gasteiger partial charge < -0.3 is 10.6 Å². The first kappa shape index (κ1) is 11.9. The molecule has 1 atom stereocenters. The van der Waals surface area contributed by atoms with E-state index < -0.39 is 0 Å². The topological polar surface area (TPSA) is 42.2 Å². The Morgan fingerprint density at radius 1 is 1.62 bits per heavy atom. The van der Waals surface area contributed by atoms with Crippen LogP contribution in [0.4, 0.5) is 5.82 Å². The Hall–Kier alpha value is -0.610. The zero-order chi connectivity index (χ0) is 11.7. The second-order valence-electron chi connectivity index (χ2n) is 4.55. The molecule has 2 N–H and O–H groups in total. The number of hydrogen-bond acceptors (Lipinski definition) is 3. The third kappa shape index (κ3) is 2.38. The molecule has 1 aromatic heterocycles. The van der Waals surface area contributed by atoms with Crippen LogP contribution in [0.3, 0.4) is 0 Å². The molecule has 88 valence electrons. The van der Waals surface area contributed by atoms with Gasteiger partial charge in [-0.25, -0.2) is 4.98 Å². The number of rotatable bonds is 4. The molecule has 0 spiro atoms. The average molecular weight is 284 g/mol. The molecule has 1 unspecified atom stereocenters. The highest BCUT2D eigenvalue weighted by atomic mass is 79.9. The SMILES string of the molecule is Cc1cc(Br)cnc1N(C)C(CN)C1CC1. The van der Waals surface area contributed by atoms with E-state index in [-0.39, 0.29) is 0 Å². The standard InChI is InChI=1S/C12H18BrN3/c1-8-5-10(13)7-15-12(8)16(2)11(6-14)9-3-4-9/h5,7,9,11H,3-4,6,14H2,1-2H3. The minimum absolute atomic E-state index is 0.437. The van der Waals surface area contributed by atoms with Gasteiger partial charge in [0, 0.05) is 30.3 Å². The van der Waals surface area contributed by atoms with Gasteiger partial charge in [0.2, 0.25) is 0 Å².